The molecule has 7 heteroatoms. The summed E-state index contributed by atoms with van der Waals surface area (Å²) in [6, 6.07) is 10.3. The van der Waals surface area contributed by atoms with Crippen molar-refractivity contribution in [2.24, 2.45) is 0 Å². The van der Waals surface area contributed by atoms with Gasteiger partial charge in [0.15, 0.2) is 0 Å². The van der Waals surface area contributed by atoms with Crippen LogP contribution < -0.4 is 4.90 Å². The van der Waals surface area contributed by atoms with Gasteiger partial charge in [0.05, 0.1) is 11.8 Å². The summed E-state index contributed by atoms with van der Waals surface area (Å²) in [7, 11) is 0. The fourth-order valence-electron chi connectivity index (χ4n) is 4.04. The summed E-state index contributed by atoms with van der Waals surface area (Å²) in [6.45, 7) is 5.19. The molecular weight excluding hydrogens is 382 g/mol. The number of fused-ring (bicyclic) bond motifs is 2. The lowest BCUT2D eigenvalue weighted by atomic mass is 10.1. The van der Waals surface area contributed by atoms with Crippen LogP contribution in [0.4, 0.5) is 5.82 Å². The fraction of sp³-hybridized carbons (Fsp3) is 0.318. The molecule has 1 N–H and O–H groups in total. The van der Waals surface area contributed by atoms with Crippen molar-refractivity contribution >= 4 is 44.2 Å². The maximum absolute atomic E-state index is 12.9. The van der Waals surface area contributed by atoms with Gasteiger partial charge in [-0.3, -0.25) is 4.79 Å². The van der Waals surface area contributed by atoms with Crippen molar-refractivity contribution in [2.45, 2.75) is 19.8 Å². The van der Waals surface area contributed by atoms with E-state index in [-0.39, 0.29) is 5.91 Å². The zero-order chi connectivity index (χ0) is 19.8. The third-order valence-electron chi connectivity index (χ3n) is 5.66. The number of hydrogen-bond donors (Lipinski definition) is 1. The standard InChI is InChI=1S/C22H23N5OS/c1-2-16-12-18-21(24-14-25-22(18)29-16)27-9-7-26(8-10-27)20(28)11-15-13-23-19-6-4-3-5-17(15)19/h3-6,12-14,23H,2,7-11H2,1H3. The second-order valence-corrected chi connectivity index (χ2v) is 8.50. The maximum Gasteiger partial charge on any atom is 0.227 e. The molecule has 0 spiro atoms. The van der Waals surface area contributed by atoms with Gasteiger partial charge < -0.3 is 14.8 Å². The van der Waals surface area contributed by atoms with E-state index in [1.165, 1.54) is 4.88 Å². The largest absolute Gasteiger partial charge is 0.361 e. The van der Waals surface area contributed by atoms with Crippen molar-refractivity contribution in [3.63, 3.8) is 0 Å². The van der Waals surface area contributed by atoms with E-state index < -0.39 is 0 Å². The number of anilines is 1. The number of nitrogens with zero attached hydrogens (tertiary/aromatic N) is 4. The summed E-state index contributed by atoms with van der Waals surface area (Å²) in [6.07, 6.45) is 5.06. The smallest absolute Gasteiger partial charge is 0.227 e. The summed E-state index contributed by atoms with van der Waals surface area (Å²) < 4.78 is 0. The van der Waals surface area contributed by atoms with E-state index in [1.807, 2.05) is 29.3 Å². The Labute approximate surface area is 173 Å². The van der Waals surface area contributed by atoms with Crippen molar-refractivity contribution < 1.29 is 4.79 Å². The van der Waals surface area contributed by atoms with E-state index >= 15 is 0 Å². The summed E-state index contributed by atoms with van der Waals surface area (Å²) in [5, 5.41) is 2.26. The molecule has 4 aromatic rings. The highest BCUT2D eigenvalue weighted by Crippen LogP contribution is 2.31. The molecule has 1 amide bonds. The number of carbonyl (C=O) groups is 1. The van der Waals surface area contributed by atoms with Crippen LogP contribution in [0.25, 0.3) is 21.1 Å². The number of benzene rings is 1. The molecule has 1 fully saturated rings. The summed E-state index contributed by atoms with van der Waals surface area (Å²) in [5.41, 5.74) is 2.14. The second kappa shape index (κ2) is 7.48. The molecule has 1 saturated heterocycles. The molecule has 148 valence electrons. The quantitative estimate of drug-likeness (QED) is 0.563. The Morgan fingerprint density at radius 2 is 1.97 bits per heavy atom. The van der Waals surface area contributed by atoms with Gasteiger partial charge in [0.1, 0.15) is 17.0 Å². The molecule has 0 aliphatic carbocycles. The molecular formula is C22H23N5OS. The number of thiophene rings is 1. The zero-order valence-electron chi connectivity index (χ0n) is 16.4. The Morgan fingerprint density at radius 3 is 2.79 bits per heavy atom. The minimum Gasteiger partial charge on any atom is -0.361 e. The molecule has 5 rings (SSSR count). The average Bonchev–Trinajstić information content (AvgIpc) is 3.38. The number of amides is 1. The molecule has 1 aliphatic rings. The van der Waals surface area contributed by atoms with Crippen LogP contribution in [0.2, 0.25) is 0 Å². The van der Waals surface area contributed by atoms with E-state index in [4.69, 9.17) is 0 Å². The molecule has 6 nitrogen and oxygen atoms in total. The van der Waals surface area contributed by atoms with Crippen LogP contribution in [-0.2, 0) is 17.6 Å². The Morgan fingerprint density at radius 1 is 1.14 bits per heavy atom. The molecule has 0 saturated carbocycles. The SMILES string of the molecule is CCc1cc2c(N3CCN(C(=O)Cc4c[nH]c5ccccc45)CC3)ncnc2s1. The highest BCUT2D eigenvalue weighted by atomic mass is 32.1. The highest BCUT2D eigenvalue weighted by Gasteiger charge is 2.24. The predicted molar refractivity (Wildman–Crippen MR) is 118 cm³/mol. The van der Waals surface area contributed by atoms with Crippen LogP contribution in [0.15, 0.2) is 42.9 Å². The predicted octanol–water partition coefficient (Wildman–Crippen LogP) is 3.63. The van der Waals surface area contributed by atoms with Gasteiger partial charge in [0.25, 0.3) is 0 Å². The van der Waals surface area contributed by atoms with E-state index in [0.717, 1.165) is 65.1 Å². The molecule has 0 unspecified atom stereocenters. The summed E-state index contributed by atoms with van der Waals surface area (Å²) >= 11 is 1.74. The van der Waals surface area contributed by atoms with Crippen molar-refractivity contribution in [1.29, 1.82) is 0 Å². The van der Waals surface area contributed by atoms with Gasteiger partial charge in [-0.15, -0.1) is 11.3 Å². The van der Waals surface area contributed by atoms with E-state index in [9.17, 15) is 4.79 Å². The maximum atomic E-state index is 12.9. The van der Waals surface area contributed by atoms with Crippen LogP contribution in [0.3, 0.4) is 0 Å². The van der Waals surface area contributed by atoms with Gasteiger partial charge in [-0.25, -0.2) is 9.97 Å². The van der Waals surface area contributed by atoms with Gasteiger partial charge in [0, 0.05) is 48.2 Å². The van der Waals surface area contributed by atoms with Crippen molar-refractivity contribution in [2.75, 3.05) is 31.1 Å². The topological polar surface area (TPSA) is 65.1 Å². The molecule has 0 radical (unpaired) electrons. The highest BCUT2D eigenvalue weighted by molar-refractivity contribution is 7.18. The minimum atomic E-state index is 0.186. The van der Waals surface area contributed by atoms with E-state index in [1.54, 1.807) is 17.7 Å². The molecule has 3 aromatic heterocycles. The number of aromatic nitrogens is 3. The van der Waals surface area contributed by atoms with Crippen LogP contribution in [-0.4, -0.2) is 51.9 Å². The number of aryl methyl sites for hydroxylation is 1. The summed E-state index contributed by atoms with van der Waals surface area (Å²) in [4.78, 5) is 31.7. The van der Waals surface area contributed by atoms with Gasteiger partial charge >= 0.3 is 0 Å². The van der Waals surface area contributed by atoms with E-state index in [0.29, 0.717) is 6.42 Å². The number of nitrogens with one attached hydrogen (secondary N) is 1. The first-order valence-corrected chi connectivity index (χ1v) is 10.9. The van der Waals surface area contributed by atoms with Crippen LogP contribution >= 0.6 is 11.3 Å². The zero-order valence-corrected chi connectivity index (χ0v) is 17.2. The average molecular weight is 406 g/mol. The van der Waals surface area contributed by atoms with Crippen LogP contribution in [0.5, 0.6) is 0 Å². The number of H-pyrrole nitrogens is 1. The van der Waals surface area contributed by atoms with Gasteiger partial charge in [-0.1, -0.05) is 25.1 Å². The second-order valence-electron chi connectivity index (χ2n) is 7.39. The lowest BCUT2D eigenvalue weighted by Crippen LogP contribution is -2.49. The third kappa shape index (κ3) is 3.35. The monoisotopic (exact) mass is 405 g/mol. The van der Waals surface area contributed by atoms with Crippen LogP contribution in [0.1, 0.15) is 17.4 Å². The molecule has 0 bridgehead atoms. The molecule has 1 aromatic carbocycles. The number of aromatic amines is 1. The lowest BCUT2D eigenvalue weighted by Gasteiger charge is -2.35. The Balaban J connectivity index is 1.28. The van der Waals surface area contributed by atoms with Gasteiger partial charge in [0.2, 0.25) is 5.91 Å². The molecule has 29 heavy (non-hydrogen) atoms. The first-order chi connectivity index (χ1) is 14.2. The number of carbonyl (C=O) groups excluding carboxylic acids is 1. The Kier molecular flexibility index (Phi) is 4.67. The lowest BCUT2D eigenvalue weighted by molar-refractivity contribution is -0.130. The normalized spacial score (nSPS) is 14.8. The number of hydrogen-bond acceptors (Lipinski definition) is 5. The summed E-state index contributed by atoms with van der Waals surface area (Å²) in [5.74, 6) is 1.18. The number of rotatable bonds is 4. The molecule has 1 aliphatic heterocycles. The first-order valence-electron chi connectivity index (χ1n) is 10.0. The number of para-hydroxylation sites is 1. The van der Waals surface area contributed by atoms with Gasteiger partial charge in [-0.2, -0.15) is 0 Å². The minimum absolute atomic E-state index is 0.186. The number of piperazine rings is 1. The van der Waals surface area contributed by atoms with Crippen molar-refractivity contribution in [3.05, 3.63) is 53.3 Å². The molecule has 0 atom stereocenters. The van der Waals surface area contributed by atoms with E-state index in [2.05, 4.69) is 38.9 Å². The first kappa shape index (κ1) is 18.1. The fourth-order valence-corrected chi connectivity index (χ4v) is 4.97. The Hall–Kier alpha value is -2.93. The third-order valence-corrected chi connectivity index (χ3v) is 6.84. The van der Waals surface area contributed by atoms with Crippen LogP contribution in [0, 0.1) is 0 Å². The Bertz CT molecular complexity index is 1170. The van der Waals surface area contributed by atoms with Crippen molar-refractivity contribution in [3.8, 4) is 0 Å². The molecule has 4 heterocycles. The van der Waals surface area contributed by atoms with Gasteiger partial charge in [-0.05, 0) is 24.1 Å². The van der Waals surface area contributed by atoms with Crippen molar-refractivity contribution in [1.82, 2.24) is 19.9 Å².